The summed E-state index contributed by atoms with van der Waals surface area (Å²) in [5, 5.41) is 14.3. The quantitative estimate of drug-likeness (QED) is 0.661. The van der Waals surface area contributed by atoms with Gasteiger partial charge in [0.25, 0.3) is 5.91 Å². The third-order valence-corrected chi connectivity index (χ3v) is 3.98. The van der Waals surface area contributed by atoms with E-state index in [1.807, 2.05) is 6.07 Å². The highest BCUT2D eigenvalue weighted by molar-refractivity contribution is 5.94. The number of carboxylic acid groups (broad SMARTS) is 1. The second-order valence-corrected chi connectivity index (χ2v) is 6.43. The normalized spacial score (nSPS) is 10.7. The molecule has 0 aromatic heterocycles. The van der Waals surface area contributed by atoms with E-state index >= 15 is 0 Å². The zero-order valence-electron chi connectivity index (χ0n) is 15.2. The van der Waals surface area contributed by atoms with Gasteiger partial charge in [-0.2, -0.15) is 0 Å². The Morgan fingerprint density at radius 2 is 1.59 bits per heavy atom. The number of para-hydroxylation sites is 1. The number of carboxylic acids is 1. The molecule has 7 nitrogen and oxygen atoms in total. The summed E-state index contributed by atoms with van der Waals surface area (Å²) in [4.78, 5) is 34.9. The number of nitrogens with one attached hydrogen (secondary N) is 2. The Morgan fingerprint density at radius 1 is 0.963 bits per heavy atom. The van der Waals surface area contributed by atoms with Crippen molar-refractivity contribution in [3.8, 4) is 5.75 Å². The molecule has 0 saturated heterocycles. The average Bonchev–Trinajstić information content (AvgIpc) is 2.66. The van der Waals surface area contributed by atoms with Gasteiger partial charge in [-0.25, -0.2) is 0 Å². The summed E-state index contributed by atoms with van der Waals surface area (Å²) in [5.41, 5.74) is 0.119. The molecule has 27 heavy (non-hydrogen) atoms. The van der Waals surface area contributed by atoms with E-state index in [4.69, 9.17) is 4.74 Å². The Balaban J connectivity index is 1.78. The minimum Gasteiger partial charge on any atom is -0.484 e. The Morgan fingerprint density at radius 3 is 2.19 bits per heavy atom. The lowest BCUT2D eigenvalue weighted by molar-refractivity contribution is -0.142. The standard InChI is InChI=1S/C20H22N2O5/c1-20(2,19(25)26)14-8-10-15(11-9-14)22-17(23)12-21-18(24)13-27-16-6-4-3-5-7-16/h3-11H,12-13H2,1-2H3,(H,21,24)(H,22,23)(H,25,26). The van der Waals surface area contributed by atoms with Crippen LogP contribution in [0.5, 0.6) is 5.75 Å². The van der Waals surface area contributed by atoms with Crippen molar-refractivity contribution in [1.82, 2.24) is 5.32 Å². The topological polar surface area (TPSA) is 105 Å². The van der Waals surface area contributed by atoms with Crippen LogP contribution in [0.25, 0.3) is 0 Å². The first-order valence-electron chi connectivity index (χ1n) is 8.37. The summed E-state index contributed by atoms with van der Waals surface area (Å²) in [7, 11) is 0. The number of carbonyl (C=O) groups is 3. The van der Waals surface area contributed by atoms with Crippen LogP contribution in [-0.4, -0.2) is 36.0 Å². The van der Waals surface area contributed by atoms with E-state index in [1.165, 1.54) is 0 Å². The number of aliphatic carboxylic acids is 1. The van der Waals surface area contributed by atoms with E-state index in [2.05, 4.69) is 10.6 Å². The summed E-state index contributed by atoms with van der Waals surface area (Å²) in [6, 6.07) is 15.4. The van der Waals surface area contributed by atoms with Crippen LogP contribution in [-0.2, 0) is 19.8 Å². The van der Waals surface area contributed by atoms with Gasteiger partial charge >= 0.3 is 5.97 Å². The number of anilines is 1. The molecular weight excluding hydrogens is 348 g/mol. The number of benzene rings is 2. The van der Waals surface area contributed by atoms with E-state index in [0.29, 0.717) is 17.0 Å². The molecule has 0 aliphatic carbocycles. The molecule has 2 aromatic rings. The fraction of sp³-hybridized carbons (Fsp3) is 0.250. The highest BCUT2D eigenvalue weighted by Crippen LogP contribution is 2.24. The van der Waals surface area contributed by atoms with Gasteiger partial charge in [0.15, 0.2) is 6.61 Å². The van der Waals surface area contributed by atoms with Crippen LogP contribution in [0.2, 0.25) is 0 Å². The van der Waals surface area contributed by atoms with Crippen molar-refractivity contribution in [2.75, 3.05) is 18.5 Å². The molecule has 3 N–H and O–H groups in total. The van der Waals surface area contributed by atoms with Gasteiger partial charge in [-0.05, 0) is 43.7 Å². The third-order valence-electron chi connectivity index (χ3n) is 3.98. The molecule has 7 heteroatoms. The van der Waals surface area contributed by atoms with Crippen LogP contribution in [0, 0.1) is 0 Å². The number of rotatable bonds is 8. The maximum Gasteiger partial charge on any atom is 0.313 e. The molecule has 0 heterocycles. The molecule has 0 fully saturated rings. The van der Waals surface area contributed by atoms with Gasteiger partial charge in [0.05, 0.1) is 12.0 Å². The number of amides is 2. The molecule has 0 aliphatic heterocycles. The van der Waals surface area contributed by atoms with Crippen molar-refractivity contribution in [2.24, 2.45) is 0 Å². The summed E-state index contributed by atoms with van der Waals surface area (Å²) in [6.45, 7) is 2.83. The number of ether oxygens (including phenoxy) is 1. The van der Waals surface area contributed by atoms with Crippen LogP contribution in [0.4, 0.5) is 5.69 Å². The van der Waals surface area contributed by atoms with E-state index in [0.717, 1.165) is 0 Å². The van der Waals surface area contributed by atoms with E-state index in [9.17, 15) is 19.5 Å². The van der Waals surface area contributed by atoms with Gasteiger partial charge in [0.2, 0.25) is 5.91 Å². The van der Waals surface area contributed by atoms with E-state index in [-0.39, 0.29) is 13.2 Å². The predicted octanol–water partition coefficient (Wildman–Crippen LogP) is 2.18. The maximum absolute atomic E-state index is 11.9. The van der Waals surface area contributed by atoms with Crippen molar-refractivity contribution in [1.29, 1.82) is 0 Å². The highest BCUT2D eigenvalue weighted by Gasteiger charge is 2.29. The summed E-state index contributed by atoms with van der Waals surface area (Å²) in [6.07, 6.45) is 0. The van der Waals surface area contributed by atoms with Crippen LogP contribution in [0.1, 0.15) is 19.4 Å². The molecule has 0 saturated carbocycles. The Labute approximate surface area is 157 Å². The molecule has 2 amide bonds. The summed E-state index contributed by atoms with van der Waals surface area (Å²) < 4.78 is 5.29. The van der Waals surface area contributed by atoms with Crippen molar-refractivity contribution in [3.05, 3.63) is 60.2 Å². The lowest BCUT2D eigenvalue weighted by Crippen LogP contribution is -2.35. The molecule has 2 aromatic carbocycles. The molecule has 0 spiro atoms. The minimum atomic E-state index is -1.02. The molecule has 2 rings (SSSR count). The first-order chi connectivity index (χ1) is 12.8. The second kappa shape index (κ2) is 8.84. The molecule has 0 unspecified atom stereocenters. The van der Waals surface area contributed by atoms with Gasteiger partial charge in [-0.15, -0.1) is 0 Å². The van der Waals surface area contributed by atoms with Crippen molar-refractivity contribution in [3.63, 3.8) is 0 Å². The van der Waals surface area contributed by atoms with Gasteiger partial charge < -0.3 is 20.5 Å². The van der Waals surface area contributed by atoms with Gasteiger partial charge in [0, 0.05) is 5.69 Å². The minimum absolute atomic E-state index is 0.184. The second-order valence-electron chi connectivity index (χ2n) is 6.43. The van der Waals surface area contributed by atoms with E-state index in [1.54, 1.807) is 62.4 Å². The molecule has 0 aliphatic rings. The van der Waals surface area contributed by atoms with Crippen LogP contribution in [0.3, 0.4) is 0 Å². The number of carbonyl (C=O) groups excluding carboxylic acids is 2. The zero-order chi connectivity index (χ0) is 19.9. The number of hydrogen-bond acceptors (Lipinski definition) is 4. The Kier molecular flexibility index (Phi) is 6.54. The van der Waals surface area contributed by atoms with Crippen molar-refractivity contribution < 1.29 is 24.2 Å². The predicted molar refractivity (Wildman–Crippen MR) is 101 cm³/mol. The molecular formula is C20H22N2O5. The monoisotopic (exact) mass is 370 g/mol. The highest BCUT2D eigenvalue weighted by atomic mass is 16.5. The smallest absolute Gasteiger partial charge is 0.313 e. The summed E-state index contributed by atoms with van der Waals surface area (Å²) >= 11 is 0. The summed E-state index contributed by atoms with van der Waals surface area (Å²) in [5.74, 6) is -1.16. The zero-order valence-corrected chi connectivity index (χ0v) is 15.2. The average molecular weight is 370 g/mol. The van der Waals surface area contributed by atoms with Crippen LogP contribution < -0.4 is 15.4 Å². The van der Waals surface area contributed by atoms with Crippen LogP contribution >= 0.6 is 0 Å². The van der Waals surface area contributed by atoms with Crippen LogP contribution in [0.15, 0.2) is 54.6 Å². The molecule has 142 valence electrons. The fourth-order valence-electron chi connectivity index (χ4n) is 2.19. The first-order valence-corrected chi connectivity index (χ1v) is 8.37. The first kappa shape index (κ1) is 20.0. The van der Waals surface area contributed by atoms with Gasteiger partial charge in [0.1, 0.15) is 5.75 Å². The van der Waals surface area contributed by atoms with Crippen molar-refractivity contribution >= 4 is 23.5 Å². The molecule has 0 atom stereocenters. The molecule has 0 radical (unpaired) electrons. The van der Waals surface area contributed by atoms with Crippen molar-refractivity contribution in [2.45, 2.75) is 19.3 Å². The lowest BCUT2D eigenvalue weighted by atomic mass is 9.85. The van der Waals surface area contributed by atoms with Gasteiger partial charge in [-0.3, -0.25) is 14.4 Å². The Hall–Kier alpha value is -3.35. The van der Waals surface area contributed by atoms with Gasteiger partial charge in [-0.1, -0.05) is 30.3 Å². The number of hydrogen-bond donors (Lipinski definition) is 3. The SMILES string of the molecule is CC(C)(C(=O)O)c1ccc(NC(=O)CNC(=O)COc2ccccc2)cc1. The largest absolute Gasteiger partial charge is 0.484 e. The molecule has 0 bridgehead atoms. The maximum atomic E-state index is 11.9. The Bertz CT molecular complexity index is 801. The van der Waals surface area contributed by atoms with E-state index < -0.39 is 23.2 Å². The fourth-order valence-corrected chi connectivity index (χ4v) is 2.19. The lowest BCUT2D eigenvalue weighted by Gasteiger charge is -2.19. The third kappa shape index (κ3) is 5.85.